The van der Waals surface area contributed by atoms with Gasteiger partial charge in [-0.3, -0.25) is 4.79 Å². The second kappa shape index (κ2) is 5.79. The summed E-state index contributed by atoms with van der Waals surface area (Å²) in [5.74, 6) is 2.23. The monoisotopic (exact) mass is 344 g/mol. The van der Waals surface area contributed by atoms with E-state index in [0.29, 0.717) is 36.0 Å². The molecule has 4 aliphatic rings. The third-order valence-electron chi connectivity index (χ3n) is 8.63. The van der Waals surface area contributed by atoms with Gasteiger partial charge in [0, 0.05) is 12.0 Å². The predicted octanol–water partition coefficient (Wildman–Crippen LogP) is 3.51. The Bertz CT molecular complexity index is 635. The number of hydrogen-bond acceptors (Lipinski definition) is 3. The van der Waals surface area contributed by atoms with Crippen LogP contribution in [-0.4, -0.2) is 28.7 Å². The molecule has 0 radical (unpaired) electrons. The Morgan fingerprint density at radius 3 is 2.72 bits per heavy atom. The van der Waals surface area contributed by atoms with E-state index in [1.54, 1.807) is 12.2 Å². The zero-order valence-corrected chi connectivity index (χ0v) is 15.7. The average molecular weight is 344 g/mol. The molecule has 25 heavy (non-hydrogen) atoms. The Morgan fingerprint density at radius 1 is 1.24 bits per heavy atom. The molecule has 8 atom stereocenters. The molecule has 0 aromatic rings. The highest BCUT2D eigenvalue weighted by Gasteiger charge is 2.61. The fraction of sp³-hybridized carbons (Fsp3) is 0.773. The van der Waals surface area contributed by atoms with Crippen molar-refractivity contribution in [1.82, 2.24) is 0 Å². The van der Waals surface area contributed by atoms with Crippen LogP contribution in [0.15, 0.2) is 23.8 Å². The minimum Gasteiger partial charge on any atom is -0.396 e. The Morgan fingerprint density at radius 2 is 2.00 bits per heavy atom. The van der Waals surface area contributed by atoms with Gasteiger partial charge in [0.25, 0.3) is 0 Å². The van der Waals surface area contributed by atoms with E-state index in [9.17, 15) is 15.0 Å². The van der Waals surface area contributed by atoms with E-state index in [2.05, 4.69) is 26.8 Å². The Labute approximate surface area is 151 Å². The predicted molar refractivity (Wildman–Crippen MR) is 97.7 cm³/mol. The quantitative estimate of drug-likeness (QED) is 0.806. The van der Waals surface area contributed by atoms with E-state index in [1.165, 1.54) is 19.3 Å². The standard InChI is InChI=1S/C22H32O3/c1-13(12-23)16-4-5-17-20-18(7-9-22(16,17)3)21(2)8-6-15(24)10-14(21)11-19(20)25/h6,8,10,13,16-20,23,25H,4-5,7,9,11-12H2,1-3H3/t13-,16?,17?,18?,19-,20?,21?,22?/m1/s1. The van der Waals surface area contributed by atoms with Crippen molar-refractivity contribution < 1.29 is 15.0 Å². The van der Waals surface area contributed by atoms with Crippen molar-refractivity contribution in [2.45, 2.75) is 59.0 Å². The molecular formula is C22H32O3. The van der Waals surface area contributed by atoms with E-state index in [-0.39, 0.29) is 29.3 Å². The summed E-state index contributed by atoms with van der Waals surface area (Å²) in [5.41, 5.74) is 1.30. The molecule has 0 saturated heterocycles. The number of hydrogen-bond donors (Lipinski definition) is 2. The SMILES string of the molecule is C[C@H](CO)C1CCC2C3C(CCC21C)C1(C)C=CC(=O)C=C1C[C@H]3O. The summed E-state index contributed by atoms with van der Waals surface area (Å²) in [7, 11) is 0. The van der Waals surface area contributed by atoms with Crippen LogP contribution in [0.1, 0.15) is 52.9 Å². The smallest absolute Gasteiger partial charge is 0.178 e. The van der Waals surface area contributed by atoms with Crippen LogP contribution in [0.2, 0.25) is 0 Å². The Hall–Kier alpha value is -0.930. The van der Waals surface area contributed by atoms with Crippen molar-refractivity contribution in [1.29, 1.82) is 0 Å². The number of allylic oxidation sites excluding steroid dienone is 3. The van der Waals surface area contributed by atoms with Crippen LogP contribution in [0.3, 0.4) is 0 Å². The first-order chi connectivity index (χ1) is 11.8. The first kappa shape index (κ1) is 17.5. The molecule has 0 aromatic heterocycles. The molecule has 138 valence electrons. The van der Waals surface area contributed by atoms with E-state index in [1.807, 2.05) is 0 Å². The molecule has 0 aliphatic heterocycles. The van der Waals surface area contributed by atoms with Crippen molar-refractivity contribution in [3.63, 3.8) is 0 Å². The van der Waals surface area contributed by atoms with Crippen molar-refractivity contribution in [3.05, 3.63) is 23.8 Å². The van der Waals surface area contributed by atoms with Crippen LogP contribution in [0.25, 0.3) is 0 Å². The van der Waals surface area contributed by atoms with Gasteiger partial charge in [0.15, 0.2) is 5.78 Å². The fourth-order valence-electron chi connectivity index (χ4n) is 7.27. The summed E-state index contributed by atoms with van der Waals surface area (Å²) in [6.07, 6.45) is 10.6. The van der Waals surface area contributed by atoms with Gasteiger partial charge in [0.05, 0.1) is 6.10 Å². The molecule has 3 fully saturated rings. The molecule has 0 heterocycles. The van der Waals surface area contributed by atoms with E-state index < -0.39 is 0 Å². The normalized spacial score (nSPS) is 49.9. The minimum absolute atomic E-state index is 0.0662. The zero-order chi connectivity index (χ0) is 18.0. The molecule has 3 saturated carbocycles. The number of ketones is 1. The largest absolute Gasteiger partial charge is 0.396 e. The van der Waals surface area contributed by atoms with Crippen molar-refractivity contribution in [3.8, 4) is 0 Å². The van der Waals surface area contributed by atoms with Gasteiger partial charge in [-0.05, 0) is 79.3 Å². The maximum Gasteiger partial charge on any atom is 0.178 e. The van der Waals surface area contributed by atoms with Crippen LogP contribution in [0.5, 0.6) is 0 Å². The number of fused-ring (bicyclic) bond motifs is 5. The van der Waals surface area contributed by atoms with Crippen LogP contribution < -0.4 is 0 Å². The van der Waals surface area contributed by atoms with Gasteiger partial charge < -0.3 is 10.2 Å². The summed E-state index contributed by atoms with van der Waals surface area (Å²) in [4.78, 5) is 11.8. The fourth-order valence-corrected chi connectivity index (χ4v) is 7.27. The first-order valence-corrected chi connectivity index (χ1v) is 10.0. The van der Waals surface area contributed by atoms with Gasteiger partial charge in [0.1, 0.15) is 0 Å². The summed E-state index contributed by atoms with van der Waals surface area (Å²) in [6.45, 7) is 7.13. The van der Waals surface area contributed by atoms with Crippen molar-refractivity contribution in [2.75, 3.05) is 6.61 Å². The molecule has 0 spiro atoms. The van der Waals surface area contributed by atoms with E-state index in [0.717, 1.165) is 12.0 Å². The van der Waals surface area contributed by atoms with Crippen molar-refractivity contribution >= 4 is 5.78 Å². The third kappa shape index (κ3) is 2.35. The summed E-state index contributed by atoms with van der Waals surface area (Å²) < 4.78 is 0. The number of aliphatic hydroxyl groups excluding tert-OH is 2. The van der Waals surface area contributed by atoms with E-state index in [4.69, 9.17) is 0 Å². The highest BCUT2D eigenvalue weighted by atomic mass is 16.3. The third-order valence-corrected chi connectivity index (χ3v) is 8.63. The van der Waals surface area contributed by atoms with Gasteiger partial charge in [-0.1, -0.05) is 32.4 Å². The van der Waals surface area contributed by atoms with Crippen LogP contribution in [0.4, 0.5) is 0 Å². The highest BCUT2D eigenvalue weighted by molar-refractivity contribution is 6.01. The molecule has 4 aliphatic carbocycles. The highest BCUT2D eigenvalue weighted by Crippen LogP contribution is 2.66. The zero-order valence-electron chi connectivity index (χ0n) is 15.7. The maximum absolute atomic E-state index is 11.8. The molecule has 0 aromatic carbocycles. The lowest BCUT2D eigenvalue weighted by Gasteiger charge is -2.58. The lowest BCUT2D eigenvalue weighted by molar-refractivity contribution is -0.113. The van der Waals surface area contributed by atoms with Crippen LogP contribution >= 0.6 is 0 Å². The second-order valence-electron chi connectivity index (χ2n) is 9.64. The lowest BCUT2D eigenvalue weighted by Crippen LogP contribution is -2.55. The molecule has 3 nitrogen and oxygen atoms in total. The molecular weight excluding hydrogens is 312 g/mol. The van der Waals surface area contributed by atoms with Gasteiger partial charge in [-0.25, -0.2) is 0 Å². The average Bonchev–Trinajstić information content (AvgIpc) is 2.93. The number of aliphatic hydroxyl groups is 2. The number of carbonyl (C=O) groups excluding carboxylic acids is 1. The summed E-state index contributed by atoms with van der Waals surface area (Å²) in [5, 5.41) is 20.8. The van der Waals surface area contributed by atoms with Crippen molar-refractivity contribution in [2.24, 2.45) is 40.4 Å². The second-order valence-corrected chi connectivity index (χ2v) is 9.64. The Kier molecular flexibility index (Phi) is 4.05. The molecule has 4 rings (SSSR count). The van der Waals surface area contributed by atoms with Gasteiger partial charge in [-0.2, -0.15) is 0 Å². The molecule has 6 unspecified atom stereocenters. The number of rotatable bonds is 2. The molecule has 3 heteroatoms. The summed E-state index contributed by atoms with van der Waals surface area (Å²) >= 11 is 0. The van der Waals surface area contributed by atoms with Crippen LogP contribution in [-0.2, 0) is 4.79 Å². The lowest BCUT2D eigenvalue weighted by atomic mass is 9.46. The molecule has 0 bridgehead atoms. The maximum atomic E-state index is 11.8. The van der Waals surface area contributed by atoms with Gasteiger partial charge in [0.2, 0.25) is 0 Å². The van der Waals surface area contributed by atoms with Gasteiger partial charge in [-0.15, -0.1) is 0 Å². The molecule has 2 N–H and O–H groups in total. The van der Waals surface area contributed by atoms with E-state index >= 15 is 0 Å². The van der Waals surface area contributed by atoms with Gasteiger partial charge >= 0.3 is 0 Å². The Balaban J connectivity index is 1.69. The first-order valence-electron chi connectivity index (χ1n) is 10.0. The summed E-state index contributed by atoms with van der Waals surface area (Å²) in [6, 6.07) is 0. The topological polar surface area (TPSA) is 57.5 Å². The minimum atomic E-state index is -0.337. The molecule has 0 amide bonds. The van der Waals surface area contributed by atoms with Crippen LogP contribution in [0, 0.1) is 40.4 Å². The number of carbonyl (C=O) groups is 1.